The number of halogens is 2. The predicted octanol–water partition coefficient (Wildman–Crippen LogP) is 1.24. The normalized spacial score (nSPS) is 44.0. The third kappa shape index (κ3) is 1.81. The summed E-state index contributed by atoms with van der Waals surface area (Å²) in [5.41, 5.74) is 0. The van der Waals surface area contributed by atoms with Crippen molar-refractivity contribution in [2.45, 2.75) is 22.5 Å². The lowest BCUT2D eigenvalue weighted by atomic mass is 9.81. The quantitative estimate of drug-likeness (QED) is 0.577. The molecule has 0 radical (unpaired) electrons. The smallest absolute Gasteiger partial charge is 0.305 e. The Kier molecular flexibility index (Phi) is 3.24. The van der Waals surface area contributed by atoms with Crippen molar-refractivity contribution in [2.24, 2.45) is 23.7 Å². The Balaban J connectivity index is 1.83. The molecular weight excluding hydrogens is 382 g/mol. The van der Waals surface area contributed by atoms with Gasteiger partial charge in [0.2, 0.25) is 11.8 Å². The number of carboxylic acid groups (broad SMARTS) is 1. The summed E-state index contributed by atoms with van der Waals surface area (Å²) in [7, 11) is 0. The molecular formula is C12H13Br2NO4. The molecule has 2 aliphatic carbocycles. The van der Waals surface area contributed by atoms with E-state index in [1.54, 1.807) is 0 Å². The van der Waals surface area contributed by atoms with Gasteiger partial charge in [0.1, 0.15) is 0 Å². The first-order valence-corrected chi connectivity index (χ1v) is 8.11. The number of likely N-dealkylation sites (tertiary alicyclic amines) is 1. The maximum Gasteiger partial charge on any atom is 0.305 e. The van der Waals surface area contributed by atoms with Crippen LogP contribution in [-0.2, 0) is 14.4 Å². The van der Waals surface area contributed by atoms with Gasteiger partial charge in [-0.3, -0.25) is 19.3 Å². The minimum Gasteiger partial charge on any atom is -0.481 e. The number of alkyl halides is 2. The highest BCUT2D eigenvalue weighted by Crippen LogP contribution is 2.60. The van der Waals surface area contributed by atoms with E-state index >= 15 is 0 Å². The van der Waals surface area contributed by atoms with Gasteiger partial charge in [-0.15, -0.1) is 0 Å². The Morgan fingerprint density at radius 2 is 1.63 bits per heavy atom. The van der Waals surface area contributed by atoms with Gasteiger partial charge in [0.05, 0.1) is 18.3 Å². The van der Waals surface area contributed by atoms with Gasteiger partial charge in [-0.25, -0.2) is 0 Å². The van der Waals surface area contributed by atoms with E-state index in [9.17, 15) is 14.4 Å². The number of imide groups is 1. The van der Waals surface area contributed by atoms with Gasteiger partial charge < -0.3 is 5.11 Å². The molecule has 1 aliphatic heterocycles. The van der Waals surface area contributed by atoms with Crippen LogP contribution >= 0.6 is 31.9 Å². The zero-order valence-electron chi connectivity index (χ0n) is 9.96. The van der Waals surface area contributed by atoms with Crippen molar-refractivity contribution in [2.75, 3.05) is 6.54 Å². The van der Waals surface area contributed by atoms with E-state index in [1.807, 2.05) is 0 Å². The monoisotopic (exact) mass is 393 g/mol. The summed E-state index contributed by atoms with van der Waals surface area (Å²) in [6.07, 6.45) is 0.715. The van der Waals surface area contributed by atoms with Crippen LogP contribution in [0.25, 0.3) is 0 Å². The van der Waals surface area contributed by atoms with E-state index in [-0.39, 0.29) is 58.1 Å². The molecule has 3 aliphatic rings. The van der Waals surface area contributed by atoms with Gasteiger partial charge >= 0.3 is 5.97 Å². The number of fused-ring (bicyclic) bond motifs is 5. The maximum atomic E-state index is 12.3. The summed E-state index contributed by atoms with van der Waals surface area (Å²) in [4.78, 5) is 36.8. The first-order valence-electron chi connectivity index (χ1n) is 6.28. The third-order valence-corrected chi connectivity index (χ3v) is 7.83. The molecule has 104 valence electrons. The highest BCUT2D eigenvalue weighted by atomic mass is 79.9. The molecule has 1 heterocycles. The number of carbonyl (C=O) groups is 3. The largest absolute Gasteiger partial charge is 0.481 e. The van der Waals surface area contributed by atoms with Crippen LogP contribution < -0.4 is 0 Å². The topological polar surface area (TPSA) is 74.7 Å². The summed E-state index contributed by atoms with van der Waals surface area (Å²) < 4.78 is 0. The molecule has 3 rings (SSSR count). The minimum absolute atomic E-state index is 0.000650. The molecule has 0 aromatic carbocycles. The van der Waals surface area contributed by atoms with Gasteiger partial charge in [-0.2, -0.15) is 0 Å². The number of carbonyl (C=O) groups excluding carboxylic acids is 2. The highest BCUT2D eigenvalue weighted by molar-refractivity contribution is 9.12. The lowest BCUT2D eigenvalue weighted by Gasteiger charge is -2.28. The van der Waals surface area contributed by atoms with Crippen molar-refractivity contribution in [1.29, 1.82) is 0 Å². The second-order valence-electron chi connectivity index (χ2n) is 5.48. The van der Waals surface area contributed by atoms with Crippen LogP contribution in [0.15, 0.2) is 0 Å². The summed E-state index contributed by atoms with van der Waals surface area (Å²) in [6.45, 7) is -0.000650. The lowest BCUT2D eigenvalue weighted by Crippen LogP contribution is -2.37. The molecule has 3 fully saturated rings. The molecule has 0 spiro atoms. The van der Waals surface area contributed by atoms with Crippen molar-refractivity contribution < 1.29 is 19.5 Å². The van der Waals surface area contributed by atoms with Gasteiger partial charge in [-0.1, -0.05) is 31.9 Å². The maximum absolute atomic E-state index is 12.3. The molecule has 1 N–H and O–H groups in total. The van der Waals surface area contributed by atoms with Gasteiger partial charge in [0.25, 0.3) is 0 Å². The average Bonchev–Trinajstić information content (AvgIpc) is 2.93. The third-order valence-electron chi connectivity index (χ3n) is 4.63. The number of nitrogens with zero attached hydrogens (tertiary/aromatic N) is 1. The standard InChI is InChI=1S/C12H13Br2NO4/c13-9-4-3-5(10(9)14)8-7(4)11(18)15(12(8)19)2-1-6(16)17/h4-5,7-10H,1-3H2,(H,16,17)/t4-,5+,7-,8-,9+,10+/m0/s1. The van der Waals surface area contributed by atoms with Gasteiger partial charge in [-0.05, 0) is 18.3 Å². The van der Waals surface area contributed by atoms with Crippen molar-refractivity contribution >= 4 is 49.6 Å². The molecule has 0 unspecified atom stereocenters. The second kappa shape index (κ2) is 4.55. The van der Waals surface area contributed by atoms with E-state index < -0.39 is 5.97 Å². The molecule has 2 saturated carbocycles. The molecule has 7 heteroatoms. The van der Waals surface area contributed by atoms with Crippen LogP contribution in [0.5, 0.6) is 0 Å². The number of carboxylic acids is 1. The first kappa shape index (κ1) is 13.5. The molecule has 2 bridgehead atoms. The van der Waals surface area contributed by atoms with E-state index in [4.69, 9.17) is 5.11 Å². The summed E-state index contributed by atoms with van der Waals surface area (Å²) in [6, 6.07) is 0. The van der Waals surface area contributed by atoms with Crippen molar-refractivity contribution in [1.82, 2.24) is 4.90 Å². The fourth-order valence-corrected chi connectivity index (χ4v) is 5.71. The fourth-order valence-electron chi connectivity index (χ4n) is 3.84. The van der Waals surface area contributed by atoms with Crippen LogP contribution in [0.3, 0.4) is 0 Å². The Morgan fingerprint density at radius 1 is 1.16 bits per heavy atom. The van der Waals surface area contributed by atoms with Gasteiger partial charge in [0.15, 0.2) is 0 Å². The summed E-state index contributed by atoms with van der Waals surface area (Å²) in [5.74, 6) is -1.46. The number of amides is 2. The molecule has 19 heavy (non-hydrogen) atoms. The molecule has 0 aromatic heterocycles. The number of aliphatic carboxylic acids is 1. The first-order chi connectivity index (χ1) is 8.93. The van der Waals surface area contributed by atoms with Crippen LogP contribution in [0.1, 0.15) is 12.8 Å². The summed E-state index contributed by atoms with van der Waals surface area (Å²) >= 11 is 7.21. The number of hydrogen-bond donors (Lipinski definition) is 1. The summed E-state index contributed by atoms with van der Waals surface area (Å²) in [5, 5.41) is 8.69. The predicted molar refractivity (Wildman–Crippen MR) is 73.0 cm³/mol. The van der Waals surface area contributed by atoms with Crippen molar-refractivity contribution in [3.05, 3.63) is 0 Å². The Morgan fingerprint density at radius 3 is 2.05 bits per heavy atom. The molecule has 2 amide bonds. The SMILES string of the molecule is O=C(O)CCN1C(=O)[C@H]2[C@@H]3C[C@@H]([C@@H](Br)[C@@H]3Br)[C@@H]2C1=O. The van der Waals surface area contributed by atoms with E-state index in [0.717, 1.165) is 11.3 Å². The minimum atomic E-state index is -0.989. The Labute approximate surface area is 127 Å². The van der Waals surface area contributed by atoms with E-state index in [2.05, 4.69) is 31.9 Å². The van der Waals surface area contributed by atoms with Gasteiger partial charge in [0, 0.05) is 16.2 Å². The zero-order valence-corrected chi connectivity index (χ0v) is 13.1. The fraction of sp³-hybridized carbons (Fsp3) is 0.750. The molecule has 5 nitrogen and oxygen atoms in total. The molecule has 6 atom stereocenters. The average molecular weight is 395 g/mol. The van der Waals surface area contributed by atoms with Crippen LogP contribution in [0, 0.1) is 23.7 Å². The van der Waals surface area contributed by atoms with Crippen LogP contribution in [-0.4, -0.2) is 44.0 Å². The second-order valence-corrected chi connectivity index (χ2v) is 7.59. The number of hydrogen-bond acceptors (Lipinski definition) is 3. The van der Waals surface area contributed by atoms with Crippen LogP contribution in [0.2, 0.25) is 0 Å². The molecule has 1 saturated heterocycles. The van der Waals surface area contributed by atoms with Crippen molar-refractivity contribution in [3.8, 4) is 0 Å². The zero-order chi connectivity index (χ0) is 13.9. The van der Waals surface area contributed by atoms with E-state index in [1.165, 1.54) is 0 Å². The van der Waals surface area contributed by atoms with E-state index in [0.29, 0.717) is 0 Å². The lowest BCUT2D eigenvalue weighted by molar-refractivity contribution is -0.142. The molecule has 0 aromatic rings. The van der Waals surface area contributed by atoms with Crippen LogP contribution in [0.4, 0.5) is 0 Å². The number of rotatable bonds is 3. The Hall–Kier alpha value is -0.430. The highest BCUT2D eigenvalue weighted by Gasteiger charge is 2.66. The van der Waals surface area contributed by atoms with Crippen molar-refractivity contribution in [3.63, 3.8) is 0 Å². The Bertz CT molecular complexity index is 437.